The van der Waals surface area contributed by atoms with Gasteiger partial charge in [0.15, 0.2) is 0 Å². The van der Waals surface area contributed by atoms with Gasteiger partial charge in [-0.05, 0) is 37.6 Å². The molecule has 2 aromatic heterocycles. The summed E-state index contributed by atoms with van der Waals surface area (Å²) in [4.78, 5) is 17.1. The summed E-state index contributed by atoms with van der Waals surface area (Å²) in [5.41, 5.74) is 1.92. The lowest BCUT2D eigenvalue weighted by molar-refractivity contribution is -0.127. The van der Waals surface area contributed by atoms with Gasteiger partial charge in [-0.3, -0.25) is 9.78 Å². The number of hydrogen-bond donors (Lipinski definition) is 1. The summed E-state index contributed by atoms with van der Waals surface area (Å²) in [6.45, 7) is 2.40. The van der Waals surface area contributed by atoms with E-state index in [4.69, 9.17) is 4.74 Å². The fourth-order valence-electron chi connectivity index (χ4n) is 3.47. The van der Waals surface area contributed by atoms with Crippen molar-refractivity contribution in [3.63, 3.8) is 0 Å². The number of pyridine rings is 1. The van der Waals surface area contributed by atoms with E-state index in [1.165, 1.54) is 10.7 Å². The van der Waals surface area contributed by atoms with Crippen LogP contribution in [0.5, 0.6) is 0 Å². The minimum absolute atomic E-state index is 0.0840. The second-order valence-electron chi connectivity index (χ2n) is 6.84. The number of amides is 1. The van der Waals surface area contributed by atoms with E-state index in [2.05, 4.69) is 15.4 Å². The molecule has 1 N–H and O–H groups in total. The normalized spacial score (nSPS) is 20.1. The van der Waals surface area contributed by atoms with E-state index < -0.39 is 6.10 Å². The Hall–Kier alpha value is -3.06. The Bertz CT molecular complexity index is 960. The maximum absolute atomic E-state index is 14.0. The van der Waals surface area contributed by atoms with E-state index in [-0.39, 0.29) is 23.7 Å². The molecule has 3 heterocycles. The predicted octanol–water partition coefficient (Wildman–Crippen LogP) is 3.36. The van der Waals surface area contributed by atoms with Crippen LogP contribution in [0, 0.1) is 11.7 Å². The third-order valence-corrected chi connectivity index (χ3v) is 4.95. The third kappa shape index (κ3) is 3.66. The summed E-state index contributed by atoms with van der Waals surface area (Å²) >= 11 is 0. The number of ether oxygens (including phenoxy) is 1. The zero-order valence-corrected chi connectivity index (χ0v) is 15.5. The number of aromatic nitrogens is 3. The number of nitrogens with one attached hydrogen (secondary N) is 1. The topological polar surface area (TPSA) is 69.0 Å². The molecule has 4 rings (SSSR count). The van der Waals surface area contributed by atoms with Gasteiger partial charge in [0, 0.05) is 24.6 Å². The Kier molecular flexibility index (Phi) is 5.16. The lowest BCUT2D eigenvalue weighted by Gasteiger charge is -2.20. The highest BCUT2D eigenvalue weighted by atomic mass is 19.1. The molecule has 1 fully saturated rings. The van der Waals surface area contributed by atoms with Gasteiger partial charge in [-0.25, -0.2) is 9.07 Å². The van der Waals surface area contributed by atoms with Gasteiger partial charge in [0.1, 0.15) is 11.5 Å². The molecule has 3 atom stereocenters. The highest BCUT2D eigenvalue weighted by Gasteiger charge is 2.36. The standard InChI is InChI=1S/C21H21FN4O2/c1-14(18-7-4-5-10-23-18)25-21(27)16-9-11-28-20(16)15-12-24-26(13-15)19-8-3-2-6-17(19)22/h2-8,10,12-14,16,20H,9,11H2,1H3,(H,25,27)/t14-,16-,20+/m0/s1. The Labute approximate surface area is 162 Å². The van der Waals surface area contributed by atoms with Crippen molar-refractivity contribution in [2.75, 3.05) is 6.61 Å². The van der Waals surface area contributed by atoms with Gasteiger partial charge in [-0.15, -0.1) is 0 Å². The van der Waals surface area contributed by atoms with Crippen molar-refractivity contribution in [2.24, 2.45) is 5.92 Å². The number of halogens is 1. The van der Waals surface area contributed by atoms with E-state index in [9.17, 15) is 9.18 Å². The highest BCUT2D eigenvalue weighted by molar-refractivity contribution is 5.80. The Morgan fingerprint density at radius 3 is 2.89 bits per heavy atom. The van der Waals surface area contributed by atoms with Gasteiger partial charge in [0.05, 0.1) is 30.0 Å². The van der Waals surface area contributed by atoms with Gasteiger partial charge in [0.2, 0.25) is 5.91 Å². The number of nitrogens with zero attached hydrogens (tertiary/aromatic N) is 3. The van der Waals surface area contributed by atoms with Crippen LogP contribution in [-0.2, 0) is 9.53 Å². The first-order chi connectivity index (χ1) is 13.6. The molecule has 1 aromatic carbocycles. The van der Waals surface area contributed by atoms with Crippen molar-refractivity contribution in [1.29, 1.82) is 0 Å². The van der Waals surface area contributed by atoms with E-state index in [1.54, 1.807) is 36.8 Å². The fourth-order valence-corrected chi connectivity index (χ4v) is 3.47. The van der Waals surface area contributed by atoms with Gasteiger partial charge >= 0.3 is 0 Å². The summed E-state index contributed by atoms with van der Waals surface area (Å²) in [7, 11) is 0. The molecule has 0 aliphatic carbocycles. The van der Waals surface area contributed by atoms with Crippen LogP contribution in [0.25, 0.3) is 5.69 Å². The van der Waals surface area contributed by atoms with Gasteiger partial charge in [0.25, 0.3) is 0 Å². The summed E-state index contributed by atoms with van der Waals surface area (Å²) in [6.07, 6.45) is 5.27. The first kappa shape index (κ1) is 18.3. The molecule has 1 aliphatic rings. The first-order valence-electron chi connectivity index (χ1n) is 9.26. The second kappa shape index (κ2) is 7.90. The number of hydrogen-bond acceptors (Lipinski definition) is 4. The molecule has 7 heteroatoms. The molecule has 0 bridgehead atoms. The fraction of sp³-hybridized carbons (Fsp3) is 0.286. The molecule has 6 nitrogen and oxygen atoms in total. The highest BCUT2D eigenvalue weighted by Crippen LogP contribution is 2.35. The van der Waals surface area contributed by atoms with Crippen LogP contribution in [0.4, 0.5) is 4.39 Å². The second-order valence-corrected chi connectivity index (χ2v) is 6.84. The van der Waals surface area contributed by atoms with Gasteiger partial charge in [-0.1, -0.05) is 18.2 Å². The van der Waals surface area contributed by atoms with Gasteiger partial charge in [-0.2, -0.15) is 5.10 Å². The molecule has 144 valence electrons. The molecule has 1 aliphatic heterocycles. The number of carbonyl (C=O) groups excluding carboxylic acids is 1. The smallest absolute Gasteiger partial charge is 0.226 e. The van der Waals surface area contributed by atoms with E-state index >= 15 is 0 Å². The van der Waals surface area contributed by atoms with Crippen LogP contribution >= 0.6 is 0 Å². The van der Waals surface area contributed by atoms with Crippen molar-refractivity contribution in [2.45, 2.75) is 25.5 Å². The van der Waals surface area contributed by atoms with Crippen molar-refractivity contribution >= 4 is 5.91 Å². The molecular weight excluding hydrogens is 359 g/mol. The number of para-hydroxylation sites is 1. The monoisotopic (exact) mass is 380 g/mol. The number of carbonyl (C=O) groups is 1. The zero-order valence-electron chi connectivity index (χ0n) is 15.5. The number of benzene rings is 1. The Balaban J connectivity index is 1.49. The Morgan fingerprint density at radius 2 is 2.11 bits per heavy atom. The zero-order chi connectivity index (χ0) is 19.5. The summed E-state index contributed by atoms with van der Waals surface area (Å²) in [5.74, 6) is -0.772. The lowest BCUT2D eigenvalue weighted by Crippen LogP contribution is -2.34. The molecule has 1 saturated heterocycles. The molecule has 3 aromatic rings. The van der Waals surface area contributed by atoms with Crippen molar-refractivity contribution in [1.82, 2.24) is 20.1 Å². The van der Waals surface area contributed by atoms with Crippen molar-refractivity contribution in [3.8, 4) is 5.69 Å². The van der Waals surface area contributed by atoms with Crippen LogP contribution in [0.3, 0.4) is 0 Å². The quantitative estimate of drug-likeness (QED) is 0.737. The molecule has 1 amide bonds. The van der Waals surface area contributed by atoms with Crippen LogP contribution < -0.4 is 5.32 Å². The minimum Gasteiger partial charge on any atom is -0.373 e. The van der Waals surface area contributed by atoms with E-state index in [1.807, 2.05) is 25.1 Å². The lowest BCUT2D eigenvalue weighted by atomic mass is 9.96. The molecule has 0 spiro atoms. The molecule has 0 unspecified atom stereocenters. The van der Waals surface area contributed by atoms with Crippen molar-refractivity contribution in [3.05, 3.63) is 78.1 Å². The van der Waals surface area contributed by atoms with Crippen LogP contribution in [0.1, 0.15) is 36.7 Å². The first-order valence-corrected chi connectivity index (χ1v) is 9.26. The Morgan fingerprint density at radius 1 is 1.29 bits per heavy atom. The van der Waals surface area contributed by atoms with Crippen LogP contribution in [-0.4, -0.2) is 27.3 Å². The maximum atomic E-state index is 14.0. The van der Waals surface area contributed by atoms with Crippen molar-refractivity contribution < 1.29 is 13.9 Å². The van der Waals surface area contributed by atoms with E-state index in [0.717, 1.165) is 11.3 Å². The summed E-state index contributed by atoms with van der Waals surface area (Å²) < 4.78 is 21.3. The average Bonchev–Trinajstić information content (AvgIpc) is 3.38. The summed E-state index contributed by atoms with van der Waals surface area (Å²) in [6, 6.07) is 11.8. The van der Waals surface area contributed by atoms with Gasteiger partial charge < -0.3 is 10.1 Å². The SMILES string of the molecule is C[C@H](NC(=O)[C@H]1CCO[C@@H]1c1cnn(-c2ccccc2F)c1)c1ccccn1. The molecule has 28 heavy (non-hydrogen) atoms. The average molecular weight is 380 g/mol. The van der Waals surface area contributed by atoms with Crippen LogP contribution in [0.2, 0.25) is 0 Å². The number of rotatable bonds is 5. The molecule has 0 radical (unpaired) electrons. The predicted molar refractivity (Wildman–Crippen MR) is 101 cm³/mol. The molecule has 0 saturated carbocycles. The summed E-state index contributed by atoms with van der Waals surface area (Å²) in [5, 5.41) is 7.27. The minimum atomic E-state index is -0.406. The third-order valence-electron chi connectivity index (χ3n) is 4.95. The maximum Gasteiger partial charge on any atom is 0.226 e. The largest absolute Gasteiger partial charge is 0.373 e. The van der Waals surface area contributed by atoms with Crippen LogP contribution in [0.15, 0.2) is 61.1 Å². The van der Waals surface area contributed by atoms with E-state index in [0.29, 0.717) is 18.7 Å². The molecular formula is C21H21FN4O2.